The van der Waals surface area contributed by atoms with Gasteiger partial charge in [0, 0.05) is 17.5 Å². The lowest BCUT2D eigenvalue weighted by molar-refractivity contribution is -0.0444. The first-order chi connectivity index (χ1) is 13.6. The molecule has 0 radical (unpaired) electrons. The molecule has 4 rings (SSSR count). The Kier molecular flexibility index (Phi) is 6.23. The standard InChI is InChI=1S/C20H26Cl2N4O2/c1-25-10-14-8-15(22)4-7-18(14)26-19(11-25)23-24-20(26)13-2-5-16(6-3-13)28-17(9-21)12-27/h4,7-8,13,16-17,27H,2-3,5-6,9-12H2,1H3/t13-,16-,17?. The molecular weight excluding hydrogens is 399 g/mol. The van der Waals surface area contributed by atoms with Gasteiger partial charge in [0.1, 0.15) is 5.82 Å². The zero-order valence-corrected chi connectivity index (χ0v) is 17.5. The summed E-state index contributed by atoms with van der Waals surface area (Å²) in [5.74, 6) is 2.67. The highest BCUT2D eigenvalue weighted by Gasteiger charge is 2.31. The van der Waals surface area contributed by atoms with Gasteiger partial charge in [0.05, 0.1) is 36.9 Å². The monoisotopic (exact) mass is 424 g/mol. The molecule has 0 amide bonds. The third-order valence-electron chi connectivity index (χ3n) is 5.69. The minimum absolute atomic E-state index is 0.0338. The Morgan fingerprint density at radius 1 is 1.21 bits per heavy atom. The Labute approximate surface area is 175 Å². The summed E-state index contributed by atoms with van der Waals surface area (Å²) in [5.41, 5.74) is 2.32. The summed E-state index contributed by atoms with van der Waals surface area (Å²) >= 11 is 12.1. The maximum atomic E-state index is 9.31. The second-order valence-corrected chi connectivity index (χ2v) is 8.57. The third kappa shape index (κ3) is 4.07. The lowest BCUT2D eigenvalue weighted by Gasteiger charge is -2.30. The van der Waals surface area contributed by atoms with E-state index >= 15 is 0 Å². The Morgan fingerprint density at radius 3 is 2.71 bits per heavy atom. The minimum atomic E-state index is -0.278. The average Bonchev–Trinajstić information content (AvgIpc) is 3.03. The summed E-state index contributed by atoms with van der Waals surface area (Å²) in [4.78, 5) is 2.23. The molecule has 1 aromatic carbocycles. The van der Waals surface area contributed by atoms with Gasteiger partial charge in [-0.2, -0.15) is 0 Å². The number of hydrogen-bond donors (Lipinski definition) is 1. The van der Waals surface area contributed by atoms with Crippen LogP contribution in [0, 0.1) is 0 Å². The van der Waals surface area contributed by atoms with Crippen LogP contribution in [-0.2, 0) is 17.8 Å². The van der Waals surface area contributed by atoms with Crippen molar-refractivity contribution in [2.24, 2.45) is 0 Å². The first-order valence-corrected chi connectivity index (χ1v) is 10.7. The molecule has 1 atom stereocenters. The molecular formula is C20H26Cl2N4O2. The Balaban J connectivity index is 1.57. The van der Waals surface area contributed by atoms with Gasteiger partial charge in [-0.05, 0) is 56.5 Å². The van der Waals surface area contributed by atoms with Crippen LogP contribution in [0.15, 0.2) is 18.2 Å². The second-order valence-electron chi connectivity index (χ2n) is 7.82. The number of fused-ring (bicyclic) bond motifs is 3. The summed E-state index contributed by atoms with van der Waals surface area (Å²) in [6.07, 6.45) is 3.72. The zero-order chi connectivity index (χ0) is 19.7. The van der Waals surface area contributed by atoms with Crippen LogP contribution in [0.5, 0.6) is 0 Å². The van der Waals surface area contributed by atoms with Crippen LogP contribution in [0.3, 0.4) is 0 Å². The summed E-state index contributed by atoms with van der Waals surface area (Å²) in [6.45, 7) is 1.56. The molecule has 1 unspecified atom stereocenters. The predicted octanol–water partition coefficient (Wildman–Crippen LogP) is 3.51. The van der Waals surface area contributed by atoms with Gasteiger partial charge in [-0.25, -0.2) is 0 Å². The number of benzene rings is 1. The summed E-state index contributed by atoms with van der Waals surface area (Å²) in [6, 6.07) is 6.05. The summed E-state index contributed by atoms with van der Waals surface area (Å²) in [7, 11) is 2.09. The molecule has 0 spiro atoms. The molecule has 28 heavy (non-hydrogen) atoms. The molecule has 1 aliphatic carbocycles. The van der Waals surface area contributed by atoms with Crippen LogP contribution >= 0.6 is 23.2 Å². The highest BCUT2D eigenvalue weighted by atomic mass is 35.5. The lowest BCUT2D eigenvalue weighted by atomic mass is 9.86. The zero-order valence-electron chi connectivity index (χ0n) is 16.0. The highest BCUT2D eigenvalue weighted by Crippen LogP contribution is 2.36. The number of aliphatic hydroxyl groups excluding tert-OH is 1. The summed E-state index contributed by atoms with van der Waals surface area (Å²) < 4.78 is 8.16. The van der Waals surface area contributed by atoms with E-state index in [2.05, 4.69) is 32.8 Å². The van der Waals surface area contributed by atoms with E-state index in [-0.39, 0.29) is 18.8 Å². The maximum Gasteiger partial charge on any atom is 0.151 e. The topological polar surface area (TPSA) is 63.4 Å². The number of alkyl halides is 1. The van der Waals surface area contributed by atoms with E-state index in [4.69, 9.17) is 27.9 Å². The Bertz CT molecular complexity index is 817. The fourth-order valence-corrected chi connectivity index (χ4v) is 4.67. The van der Waals surface area contributed by atoms with Crippen LogP contribution in [-0.4, -0.2) is 56.5 Å². The van der Waals surface area contributed by atoms with E-state index in [1.54, 1.807) is 0 Å². The molecule has 1 fully saturated rings. The summed E-state index contributed by atoms with van der Waals surface area (Å²) in [5, 5.41) is 19.2. The second kappa shape index (κ2) is 8.67. The molecule has 1 aliphatic heterocycles. The van der Waals surface area contributed by atoms with E-state index in [9.17, 15) is 5.11 Å². The maximum absolute atomic E-state index is 9.31. The van der Waals surface area contributed by atoms with Crippen molar-refractivity contribution in [3.8, 4) is 5.69 Å². The first kappa shape index (κ1) is 20.1. The molecule has 2 aromatic rings. The number of halogens is 2. The lowest BCUT2D eigenvalue weighted by Crippen LogP contribution is -2.30. The average molecular weight is 425 g/mol. The van der Waals surface area contributed by atoms with Crippen LogP contribution in [0.2, 0.25) is 5.02 Å². The van der Waals surface area contributed by atoms with Crippen molar-refractivity contribution in [2.75, 3.05) is 19.5 Å². The van der Waals surface area contributed by atoms with Gasteiger partial charge in [-0.15, -0.1) is 21.8 Å². The Hall–Kier alpha value is -1.18. The quantitative estimate of drug-likeness (QED) is 0.743. The van der Waals surface area contributed by atoms with E-state index in [1.807, 2.05) is 12.1 Å². The van der Waals surface area contributed by atoms with E-state index in [0.29, 0.717) is 11.8 Å². The number of ether oxygens (including phenoxy) is 1. The van der Waals surface area contributed by atoms with Gasteiger partial charge in [0.15, 0.2) is 5.82 Å². The van der Waals surface area contributed by atoms with Gasteiger partial charge >= 0.3 is 0 Å². The number of rotatable bonds is 5. The van der Waals surface area contributed by atoms with Gasteiger partial charge in [-0.3, -0.25) is 9.47 Å². The van der Waals surface area contributed by atoms with Crippen molar-refractivity contribution < 1.29 is 9.84 Å². The van der Waals surface area contributed by atoms with E-state index in [0.717, 1.165) is 61.1 Å². The molecule has 1 aromatic heterocycles. The molecule has 8 heteroatoms. The van der Waals surface area contributed by atoms with Crippen LogP contribution in [0.4, 0.5) is 0 Å². The largest absolute Gasteiger partial charge is 0.394 e. The van der Waals surface area contributed by atoms with Crippen molar-refractivity contribution in [3.05, 3.63) is 40.4 Å². The molecule has 1 saturated carbocycles. The highest BCUT2D eigenvalue weighted by molar-refractivity contribution is 6.30. The van der Waals surface area contributed by atoms with Gasteiger partial charge < -0.3 is 9.84 Å². The van der Waals surface area contributed by atoms with Crippen LogP contribution < -0.4 is 0 Å². The molecule has 0 bridgehead atoms. The molecule has 152 valence electrons. The van der Waals surface area contributed by atoms with Crippen LogP contribution in [0.1, 0.15) is 48.8 Å². The predicted molar refractivity (Wildman–Crippen MR) is 109 cm³/mol. The minimum Gasteiger partial charge on any atom is -0.394 e. The number of aromatic nitrogens is 3. The smallest absolute Gasteiger partial charge is 0.151 e. The van der Waals surface area contributed by atoms with Crippen molar-refractivity contribution in [3.63, 3.8) is 0 Å². The van der Waals surface area contributed by atoms with E-state index in [1.165, 1.54) is 5.56 Å². The van der Waals surface area contributed by atoms with Gasteiger partial charge in [0.25, 0.3) is 0 Å². The molecule has 2 aliphatic rings. The number of nitrogens with zero attached hydrogens (tertiary/aromatic N) is 4. The van der Waals surface area contributed by atoms with Crippen molar-refractivity contribution in [1.29, 1.82) is 0 Å². The van der Waals surface area contributed by atoms with Crippen molar-refractivity contribution >= 4 is 23.2 Å². The fourth-order valence-electron chi connectivity index (χ4n) is 4.30. The SMILES string of the molecule is CN1Cc2cc(Cl)ccc2-n2c(nnc2[C@H]2CC[C@H](OC(CO)CCl)CC2)C1. The Morgan fingerprint density at radius 2 is 2.00 bits per heavy atom. The van der Waals surface area contributed by atoms with Gasteiger partial charge in [0.2, 0.25) is 0 Å². The normalized spacial score (nSPS) is 23.7. The fraction of sp³-hybridized carbons (Fsp3) is 0.600. The molecule has 0 saturated heterocycles. The molecule has 6 nitrogen and oxygen atoms in total. The van der Waals surface area contributed by atoms with Crippen LogP contribution in [0.25, 0.3) is 5.69 Å². The number of aliphatic hydroxyl groups is 1. The third-order valence-corrected chi connectivity index (χ3v) is 6.27. The van der Waals surface area contributed by atoms with Crippen molar-refractivity contribution in [1.82, 2.24) is 19.7 Å². The first-order valence-electron chi connectivity index (χ1n) is 9.82. The molecule has 2 heterocycles. The van der Waals surface area contributed by atoms with Crippen molar-refractivity contribution in [2.45, 2.75) is 56.9 Å². The van der Waals surface area contributed by atoms with Gasteiger partial charge in [-0.1, -0.05) is 11.6 Å². The number of hydrogen-bond acceptors (Lipinski definition) is 5. The van der Waals surface area contributed by atoms with E-state index < -0.39 is 0 Å². The molecule has 1 N–H and O–H groups in total.